The summed E-state index contributed by atoms with van der Waals surface area (Å²) in [6.07, 6.45) is 0. The van der Waals surface area contributed by atoms with Crippen molar-refractivity contribution in [2.24, 2.45) is 0 Å². The quantitative estimate of drug-likeness (QED) is 0.897. The number of nitrogens with zero attached hydrogens (tertiary/aromatic N) is 1. The minimum atomic E-state index is -0.0131. The lowest BCUT2D eigenvalue weighted by atomic mass is 9.85. The van der Waals surface area contributed by atoms with Crippen LogP contribution in [0, 0.1) is 6.92 Å². The van der Waals surface area contributed by atoms with E-state index in [4.69, 9.17) is 14.9 Å². The number of nitrogen functional groups attached to an aromatic ring is 1. The molecule has 0 saturated heterocycles. The second-order valence-electron chi connectivity index (χ2n) is 5.63. The van der Waals surface area contributed by atoms with Gasteiger partial charge in [-0.3, -0.25) is 0 Å². The van der Waals surface area contributed by atoms with Crippen molar-refractivity contribution in [3.63, 3.8) is 0 Å². The molecule has 0 radical (unpaired) electrons. The number of anilines is 1. The van der Waals surface area contributed by atoms with Crippen molar-refractivity contribution in [2.45, 2.75) is 33.1 Å². The lowest BCUT2D eigenvalue weighted by Crippen LogP contribution is -2.12. The number of benzene rings is 1. The van der Waals surface area contributed by atoms with Crippen molar-refractivity contribution in [3.8, 4) is 17.1 Å². The van der Waals surface area contributed by atoms with Gasteiger partial charge in [-0.1, -0.05) is 20.8 Å². The van der Waals surface area contributed by atoms with Gasteiger partial charge in [-0.25, -0.2) is 0 Å². The molecule has 0 unspecified atom stereocenters. The highest BCUT2D eigenvalue weighted by Gasteiger charge is 2.21. The number of rotatable bonds is 2. The summed E-state index contributed by atoms with van der Waals surface area (Å²) in [5.41, 5.74) is 8.47. The van der Waals surface area contributed by atoms with Gasteiger partial charge < -0.3 is 14.9 Å². The third-order valence-electron chi connectivity index (χ3n) is 3.08. The highest BCUT2D eigenvalue weighted by molar-refractivity contribution is 5.64. The molecule has 0 saturated carbocycles. The predicted octanol–water partition coefficient (Wildman–Crippen LogP) is 3.54. The van der Waals surface area contributed by atoms with Gasteiger partial charge in [0, 0.05) is 11.1 Å². The van der Waals surface area contributed by atoms with Gasteiger partial charge in [0.25, 0.3) is 6.01 Å². The monoisotopic (exact) mass is 260 g/mol. The number of hydrogen-bond acceptors (Lipinski definition) is 4. The van der Waals surface area contributed by atoms with Crippen molar-refractivity contribution in [1.82, 2.24) is 4.98 Å². The average molecular weight is 260 g/mol. The lowest BCUT2D eigenvalue weighted by Gasteiger charge is -2.22. The molecule has 0 fully saturated rings. The molecule has 2 rings (SSSR count). The van der Waals surface area contributed by atoms with E-state index in [1.54, 1.807) is 7.11 Å². The molecule has 0 spiro atoms. The normalized spacial score (nSPS) is 11.6. The Kier molecular flexibility index (Phi) is 3.27. The van der Waals surface area contributed by atoms with Crippen LogP contribution in [0.25, 0.3) is 11.3 Å². The average Bonchev–Trinajstić information content (AvgIpc) is 2.66. The van der Waals surface area contributed by atoms with Crippen molar-refractivity contribution in [2.75, 3.05) is 12.8 Å². The van der Waals surface area contributed by atoms with E-state index in [0.717, 1.165) is 22.6 Å². The topological polar surface area (TPSA) is 61.3 Å². The number of nitrogens with two attached hydrogens (primary N) is 1. The Morgan fingerprint density at radius 3 is 2.42 bits per heavy atom. The summed E-state index contributed by atoms with van der Waals surface area (Å²) in [6.45, 7) is 8.33. The van der Waals surface area contributed by atoms with E-state index in [0.29, 0.717) is 5.76 Å². The van der Waals surface area contributed by atoms with Crippen LogP contribution in [-0.2, 0) is 5.41 Å². The Bertz CT molecular complexity index is 595. The second kappa shape index (κ2) is 4.61. The van der Waals surface area contributed by atoms with Crippen molar-refractivity contribution in [3.05, 3.63) is 29.5 Å². The van der Waals surface area contributed by atoms with Crippen molar-refractivity contribution >= 4 is 6.01 Å². The first-order valence-corrected chi connectivity index (χ1v) is 6.24. The summed E-state index contributed by atoms with van der Waals surface area (Å²) < 4.78 is 10.9. The molecule has 0 aliphatic heterocycles. The standard InChI is InChI=1S/C15H20N2O2/c1-9-13(19-14(16)17-9)10-6-7-12(18-5)11(8-10)15(2,3)4/h6-8H,1-5H3,(H2,16,17). The Hall–Kier alpha value is -1.97. The third-order valence-corrected chi connectivity index (χ3v) is 3.08. The van der Waals surface area contributed by atoms with Crippen LogP contribution in [0.15, 0.2) is 22.6 Å². The van der Waals surface area contributed by atoms with E-state index in [9.17, 15) is 0 Å². The summed E-state index contributed by atoms with van der Waals surface area (Å²) in [4.78, 5) is 4.10. The maximum atomic E-state index is 5.59. The van der Waals surface area contributed by atoms with Crippen LogP contribution in [0.4, 0.5) is 6.01 Å². The van der Waals surface area contributed by atoms with Crippen LogP contribution in [0.2, 0.25) is 0 Å². The summed E-state index contributed by atoms with van der Waals surface area (Å²) >= 11 is 0. The number of aryl methyl sites for hydroxylation is 1. The molecule has 0 aliphatic rings. The molecular formula is C15H20N2O2. The number of ether oxygens (including phenoxy) is 1. The molecule has 4 heteroatoms. The van der Waals surface area contributed by atoms with Gasteiger partial charge in [0.15, 0.2) is 5.76 Å². The molecule has 102 valence electrons. The highest BCUT2D eigenvalue weighted by atomic mass is 16.5. The predicted molar refractivity (Wildman–Crippen MR) is 76.3 cm³/mol. The molecule has 0 aliphatic carbocycles. The maximum Gasteiger partial charge on any atom is 0.292 e. The van der Waals surface area contributed by atoms with Crippen molar-refractivity contribution in [1.29, 1.82) is 0 Å². The van der Waals surface area contributed by atoms with Crippen LogP contribution in [0.1, 0.15) is 32.0 Å². The molecule has 2 aromatic rings. The van der Waals surface area contributed by atoms with Gasteiger partial charge in [0.05, 0.1) is 12.8 Å². The minimum absolute atomic E-state index is 0.0131. The zero-order valence-corrected chi connectivity index (χ0v) is 12.1. The molecule has 2 N–H and O–H groups in total. The van der Waals surface area contributed by atoms with Gasteiger partial charge in [-0.05, 0) is 30.5 Å². The fourth-order valence-electron chi connectivity index (χ4n) is 2.12. The van der Waals surface area contributed by atoms with E-state index in [1.165, 1.54) is 0 Å². The van der Waals surface area contributed by atoms with Crippen molar-refractivity contribution < 1.29 is 9.15 Å². The first kappa shape index (κ1) is 13.5. The Labute approximate surface area is 113 Å². The number of methoxy groups -OCH3 is 1. The molecule has 1 aromatic heterocycles. The van der Waals surface area contributed by atoms with E-state index in [2.05, 4.69) is 31.8 Å². The van der Waals surface area contributed by atoms with E-state index < -0.39 is 0 Å². The fourth-order valence-corrected chi connectivity index (χ4v) is 2.12. The molecule has 0 bridgehead atoms. The third kappa shape index (κ3) is 2.57. The molecule has 1 heterocycles. The molecular weight excluding hydrogens is 240 g/mol. The van der Waals surface area contributed by atoms with Crippen LogP contribution in [0.3, 0.4) is 0 Å². The Morgan fingerprint density at radius 2 is 1.95 bits per heavy atom. The smallest absolute Gasteiger partial charge is 0.292 e. The van der Waals surface area contributed by atoms with Gasteiger partial charge in [0.2, 0.25) is 0 Å². The van der Waals surface area contributed by atoms with Gasteiger partial charge in [-0.2, -0.15) is 4.98 Å². The molecule has 4 nitrogen and oxygen atoms in total. The summed E-state index contributed by atoms with van der Waals surface area (Å²) in [6, 6.07) is 6.18. The fraction of sp³-hybridized carbons (Fsp3) is 0.400. The second-order valence-corrected chi connectivity index (χ2v) is 5.63. The van der Waals surface area contributed by atoms with Crippen LogP contribution >= 0.6 is 0 Å². The van der Waals surface area contributed by atoms with Gasteiger partial charge in [-0.15, -0.1) is 0 Å². The van der Waals surface area contributed by atoms with Crippen LogP contribution in [-0.4, -0.2) is 12.1 Å². The molecule has 0 amide bonds. The van der Waals surface area contributed by atoms with E-state index in [1.807, 2.05) is 19.1 Å². The minimum Gasteiger partial charge on any atom is -0.496 e. The van der Waals surface area contributed by atoms with E-state index in [-0.39, 0.29) is 11.4 Å². The number of hydrogen-bond donors (Lipinski definition) is 1. The van der Waals surface area contributed by atoms with Crippen LogP contribution < -0.4 is 10.5 Å². The van der Waals surface area contributed by atoms with Gasteiger partial charge >= 0.3 is 0 Å². The lowest BCUT2D eigenvalue weighted by molar-refractivity contribution is 0.397. The van der Waals surface area contributed by atoms with Gasteiger partial charge in [0.1, 0.15) is 5.75 Å². The zero-order chi connectivity index (χ0) is 14.2. The summed E-state index contributed by atoms with van der Waals surface area (Å²) in [5.74, 6) is 1.59. The molecule has 0 atom stereocenters. The first-order valence-electron chi connectivity index (χ1n) is 6.24. The largest absolute Gasteiger partial charge is 0.496 e. The first-order chi connectivity index (χ1) is 8.82. The van der Waals surface area contributed by atoms with Crippen LogP contribution in [0.5, 0.6) is 5.75 Å². The summed E-state index contributed by atoms with van der Waals surface area (Å²) in [7, 11) is 1.68. The number of oxazole rings is 1. The van der Waals surface area contributed by atoms with E-state index >= 15 is 0 Å². The SMILES string of the molecule is COc1ccc(-c2oc(N)nc2C)cc1C(C)(C)C. The number of aromatic nitrogens is 1. The summed E-state index contributed by atoms with van der Waals surface area (Å²) in [5, 5.41) is 0. The molecule has 19 heavy (non-hydrogen) atoms. The Balaban J connectivity index is 2.58. The highest BCUT2D eigenvalue weighted by Crippen LogP contribution is 2.36. The Morgan fingerprint density at radius 1 is 1.26 bits per heavy atom. The zero-order valence-electron chi connectivity index (χ0n) is 12.1. The maximum absolute atomic E-state index is 5.59. The molecule has 1 aromatic carbocycles.